The Morgan fingerprint density at radius 1 is 0.909 bits per heavy atom. The van der Waals surface area contributed by atoms with E-state index in [1.165, 1.54) is 34.6 Å². The van der Waals surface area contributed by atoms with E-state index < -0.39 is 0 Å². The molecule has 112 valence electrons. The van der Waals surface area contributed by atoms with Crippen LogP contribution in [0.3, 0.4) is 0 Å². The maximum Gasteiger partial charge on any atom is 0.0728 e. The molecule has 3 rings (SSSR count). The highest BCUT2D eigenvalue weighted by atomic mass is 32.2. The van der Waals surface area contributed by atoms with Crippen LogP contribution in [0.5, 0.6) is 0 Å². The topological polar surface area (TPSA) is 3.24 Å². The van der Waals surface area contributed by atoms with Crippen LogP contribution in [0.25, 0.3) is 10.6 Å². The van der Waals surface area contributed by atoms with Crippen LogP contribution in [0.1, 0.15) is 30.9 Å². The molecule has 0 saturated carbocycles. The molecule has 0 atom stereocenters. The molecule has 2 aromatic carbocycles. The fourth-order valence-corrected chi connectivity index (χ4v) is 3.80. The van der Waals surface area contributed by atoms with Gasteiger partial charge in [-0.1, -0.05) is 92.3 Å². The average molecular weight is 307 g/mol. The molecule has 0 bridgehead atoms. The summed E-state index contributed by atoms with van der Waals surface area (Å²) in [7, 11) is 0. The van der Waals surface area contributed by atoms with Gasteiger partial charge in [0.25, 0.3) is 0 Å². The monoisotopic (exact) mass is 307 g/mol. The van der Waals surface area contributed by atoms with E-state index in [-0.39, 0.29) is 0 Å². The number of unbranched alkanes of at least 4 members (excludes halogenated alkanes) is 1. The van der Waals surface area contributed by atoms with Crippen LogP contribution in [0.2, 0.25) is 0 Å². The third kappa shape index (κ3) is 2.97. The molecule has 0 spiro atoms. The summed E-state index contributed by atoms with van der Waals surface area (Å²) in [5.74, 6) is 0. The highest BCUT2D eigenvalue weighted by Gasteiger charge is 2.28. The molecule has 2 heteroatoms. The van der Waals surface area contributed by atoms with Gasteiger partial charge < -0.3 is 4.90 Å². The summed E-state index contributed by atoms with van der Waals surface area (Å²) >= 11 is 1.79. The van der Waals surface area contributed by atoms with E-state index in [2.05, 4.69) is 79.1 Å². The van der Waals surface area contributed by atoms with Crippen LogP contribution >= 0.6 is 11.8 Å². The van der Waals surface area contributed by atoms with Gasteiger partial charge in [-0.05, 0) is 17.5 Å². The molecule has 0 saturated heterocycles. The summed E-state index contributed by atoms with van der Waals surface area (Å²) < 4.78 is 0. The molecule has 0 fully saturated rings. The normalized spacial score (nSPS) is 14.8. The third-order valence-corrected chi connectivity index (χ3v) is 4.91. The largest absolute Gasteiger partial charge is 0.335 e. The minimum atomic E-state index is 1.03. The van der Waals surface area contributed by atoms with Crippen LogP contribution in [0, 0.1) is 0 Å². The van der Waals surface area contributed by atoms with Crippen molar-refractivity contribution in [2.24, 2.45) is 0 Å². The molecule has 1 nitrogen and oxygen atoms in total. The van der Waals surface area contributed by atoms with Crippen molar-refractivity contribution >= 4 is 22.4 Å². The van der Waals surface area contributed by atoms with Gasteiger partial charge in [-0.2, -0.15) is 0 Å². The van der Waals surface area contributed by atoms with Crippen molar-refractivity contribution in [2.45, 2.75) is 19.8 Å². The molecule has 1 aliphatic rings. The number of benzene rings is 2. The zero-order valence-electron chi connectivity index (χ0n) is 13.0. The summed E-state index contributed by atoms with van der Waals surface area (Å²) in [5.41, 5.74) is 3.84. The molecule has 2 aromatic rings. The average Bonchev–Trinajstić information content (AvgIpc) is 2.91. The summed E-state index contributed by atoms with van der Waals surface area (Å²) in [4.78, 5) is 3.69. The lowest BCUT2D eigenvalue weighted by atomic mass is 10.1. The minimum absolute atomic E-state index is 1.03. The second-order valence-corrected chi connectivity index (χ2v) is 6.49. The molecule has 0 aromatic heterocycles. The minimum Gasteiger partial charge on any atom is -0.335 e. The lowest BCUT2D eigenvalue weighted by molar-refractivity contribution is 0.503. The van der Waals surface area contributed by atoms with Gasteiger partial charge in [0.2, 0.25) is 0 Å². The highest BCUT2D eigenvalue weighted by Crippen LogP contribution is 2.49. The van der Waals surface area contributed by atoms with Crippen molar-refractivity contribution in [1.29, 1.82) is 0 Å². The molecule has 22 heavy (non-hydrogen) atoms. The molecule has 0 aliphatic carbocycles. The van der Waals surface area contributed by atoms with Crippen LogP contribution in [0.15, 0.2) is 72.3 Å². The van der Waals surface area contributed by atoms with Crippen LogP contribution in [-0.4, -0.2) is 11.4 Å². The quantitative estimate of drug-likeness (QED) is 0.683. The van der Waals surface area contributed by atoms with Crippen molar-refractivity contribution < 1.29 is 0 Å². The Labute approximate surface area is 137 Å². The van der Waals surface area contributed by atoms with Gasteiger partial charge in [0.15, 0.2) is 0 Å². The van der Waals surface area contributed by atoms with Gasteiger partial charge in [0, 0.05) is 11.4 Å². The van der Waals surface area contributed by atoms with E-state index in [1.807, 2.05) is 0 Å². The van der Waals surface area contributed by atoms with E-state index in [1.54, 1.807) is 11.8 Å². The first-order valence-corrected chi connectivity index (χ1v) is 8.62. The molecule has 0 N–H and O–H groups in total. The van der Waals surface area contributed by atoms with Gasteiger partial charge in [-0.15, -0.1) is 0 Å². The first-order valence-electron chi connectivity index (χ1n) is 7.80. The Kier molecular flexibility index (Phi) is 4.69. The lowest BCUT2D eigenvalue weighted by Gasteiger charge is -2.23. The van der Waals surface area contributed by atoms with Crippen molar-refractivity contribution in [1.82, 2.24) is 4.90 Å². The Balaban J connectivity index is 2.09. The van der Waals surface area contributed by atoms with Crippen molar-refractivity contribution in [3.05, 3.63) is 83.4 Å². The summed E-state index contributed by atoms with van der Waals surface area (Å²) in [6, 6.07) is 21.3. The highest BCUT2D eigenvalue weighted by molar-refractivity contribution is 8.12. The molecular weight excluding hydrogens is 286 g/mol. The number of rotatable bonds is 5. The van der Waals surface area contributed by atoms with Crippen molar-refractivity contribution in [3.8, 4) is 0 Å². The molecule has 0 amide bonds. The number of hydrogen-bond acceptors (Lipinski definition) is 2. The van der Waals surface area contributed by atoms with E-state index in [0.29, 0.717) is 0 Å². The lowest BCUT2D eigenvalue weighted by Crippen LogP contribution is -2.17. The number of nitrogens with zero attached hydrogens (tertiary/aromatic N) is 1. The van der Waals surface area contributed by atoms with Crippen LogP contribution in [-0.2, 0) is 0 Å². The first-order chi connectivity index (χ1) is 10.8. The fraction of sp³-hybridized carbons (Fsp3) is 0.200. The SMILES string of the molecule is C=C1SC(c2ccccc2)=C(c2ccccc2)N1CCCC. The summed E-state index contributed by atoms with van der Waals surface area (Å²) in [6.45, 7) is 7.55. The van der Waals surface area contributed by atoms with Gasteiger partial charge in [-0.3, -0.25) is 0 Å². The molecule has 0 unspecified atom stereocenters. The maximum absolute atomic E-state index is 4.29. The Bertz CT molecular complexity index is 673. The number of hydrogen-bond donors (Lipinski definition) is 0. The number of thioether (sulfide) groups is 1. The van der Waals surface area contributed by atoms with Crippen molar-refractivity contribution in [3.63, 3.8) is 0 Å². The van der Waals surface area contributed by atoms with E-state index in [9.17, 15) is 0 Å². The zero-order chi connectivity index (χ0) is 15.4. The first kappa shape index (κ1) is 15.0. The predicted molar refractivity (Wildman–Crippen MR) is 98.0 cm³/mol. The Morgan fingerprint density at radius 2 is 1.50 bits per heavy atom. The Hall–Kier alpha value is -1.93. The standard InChI is InChI=1S/C20H21NS/c1-3-4-15-21-16(2)22-20(18-13-9-6-10-14-18)19(21)17-11-7-5-8-12-17/h5-14H,2-4,15H2,1H3. The van der Waals surface area contributed by atoms with Crippen LogP contribution in [0.4, 0.5) is 0 Å². The molecule has 0 radical (unpaired) electrons. The molecule has 1 heterocycles. The van der Waals surface area contributed by atoms with E-state index >= 15 is 0 Å². The molecule has 1 aliphatic heterocycles. The molecular formula is C20H21NS. The van der Waals surface area contributed by atoms with Crippen molar-refractivity contribution in [2.75, 3.05) is 6.54 Å². The second kappa shape index (κ2) is 6.89. The van der Waals surface area contributed by atoms with E-state index in [0.717, 1.165) is 11.6 Å². The summed E-state index contributed by atoms with van der Waals surface area (Å²) in [5, 5.41) is 1.13. The van der Waals surface area contributed by atoms with Crippen LogP contribution < -0.4 is 0 Å². The summed E-state index contributed by atoms with van der Waals surface area (Å²) in [6.07, 6.45) is 2.37. The smallest absolute Gasteiger partial charge is 0.0728 e. The Morgan fingerprint density at radius 3 is 2.09 bits per heavy atom. The predicted octanol–water partition coefficient (Wildman–Crippen LogP) is 5.83. The van der Waals surface area contributed by atoms with Gasteiger partial charge in [-0.25, -0.2) is 0 Å². The second-order valence-electron chi connectivity index (χ2n) is 5.41. The van der Waals surface area contributed by atoms with E-state index in [4.69, 9.17) is 0 Å². The third-order valence-electron chi connectivity index (χ3n) is 3.82. The van der Waals surface area contributed by atoms with Gasteiger partial charge in [0.1, 0.15) is 0 Å². The maximum atomic E-state index is 4.29. The van der Waals surface area contributed by atoms with Gasteiger partial charge in [0.05, 0.1) is 10.7 Å². The fourth-order valence-electron chi connectivity index (χ4n) is 2.69. The van der Waals surface area contributed by atoms with Gasteiger partial charge >= 0.3 is 0 Å². The zero-order valence-corrected chi connectivity index (χ0v) is 13.8.